The smallest absolute Gasteiger partial charge is 0.00926 e. The fraction of sp³-hybridized carbons (Fsp3) is 1.00. The first kappa shape index (κ1) is 12.4. The van der Waals surface area contributed by atoms with E-state index in [1.165, 1.54) is 71.1 Å². The zero-order valence-electron chi connectivity index (χ0n) is 10.9. The second kappa shape index (κ2) is 6.61. The standard InChI is InChI=1S/C14H28N2/c1-2-14-5-3-4-11-16(14)12-8-13-6-9-15-10-7-13/h13-15H,2-12H2,1H3/t14-/m0/s1. The normalized spacial score (nSPS) is 29.4. The molecule has 0 aromatic carbocycles. The third-order valence-corrected chi connectivity index (χ3v) is 4.50. The first-order valence-corrected chi connectivity index (χ1v) is 7.35. The molecule has 2 rings (SSSR count). The average molecular weight is 224 g/mol. The van der Waals surface area contributed by atoms with Crippen molar-refractivity contribution >= 4 is 0 Å². The van der Waals surface area contributed by atoms with E-state index in [2.05, 4.69) is 17.1 Å². The molecule has 0 amide bonds. The maximum Gasteiger partial charge on any atom is 0.00926 e. The molecule has 0 aliphatic carbocycles. The van der Waals surface area contributed by atoms with Crippen molar-refractivity contribution in [3.05, 3.63) is 0 Å². The summed E-state index contributed by atoms with van der Waals surface area (Å²) in [7, 11) is 0. The summed E-state index contributed by atoms with van der Waals surface area (Å²) in [5.74, 6) is 1.00. The highest BCUT2D eigenvalue weighted by Crippen LogP contribution is 2.22. The molecule has 2 nitrogen and oxygen atoms in total. The number of hydrogen-bond acceptors (Lipinski definition) is 2. The Morgan fingerprint density at radius 2 is 1.94 bits per heavy atom. The van der Waals surface area contributed by atoms with Crippen LogP contribution in [0.15, 0.2) is 0 Å². The predicted octanol–water partition coefficient (Wildman–Crippen LogP) is 2.64. The molecule has 1 atom stereocenters. The lowest BCUT2D eigenvalue weighted by Crippen LogP contribution is -2.40. The van der Waals surface area contributed by atoms with E-state index in [1.807, 2.05) is 0 Å². The highest BCUT2D eigenvalue weighted by molar-refractivity contribution is 4.77. The lowest BCUT2D eigenvalue weighted by atomic mass is 9.93. The zero-order valence-corrected chi connectivity index (χ0v) is 10.9. The SMILES string of the molecule is CC[C@H]1CCCCN1CCC1CCNCC1. The Hall–Kier alpha value is -0.0800. The van der Waals surface area contributed by atoms with Crippen molar-refractivity contribution < 1.29 is 0 Å². The topological polar surface area (TPSA) is 15.3 Å². The molecule has 0 spiro atoms. The van der Waals surface area contributed by atoms with Crippen LogP contribution in [-0.4, -0.2) is 37.1 Å². The molecule has 2 saturated heterocycles. The van der Waals surface area contributed by atoms with Gasteiger partial charge in [0.2, 0.25) is 0 Å². The summed E-state index contributed by atoms with van der Waals surface area (Å²) in [6.45, 7) is 7.59. The second-order valence-electron chi connectivity index (χ2n) is 5.58. The zero-order chi connectivity index (χ0) is 11.2. The Kier molecular flexibility index (Phi) is 5.11. The number of piperidine rings is 2. The number of rotatable bonds is 4. The van der Waals surface area contributed by atoms with Crippen molar-refractivity contribution in [2.24, 2.45) is 5.92 Å². The molecule has 0 unspecified atom stereocenters. The molecule has 94 valence electrons. The van der Waals surface area contributed by atoms with Gasteiger partial charge in [-0.1, -0.05) is 13.3 Å². The molecule has 0 radical (unpaired) electrons. The first-order chi connectivity index (χ1) is 7.90. The van der Waals surface area contributed by atoms with Crippen LogP contribution in [0.25, 0.3) is 0 Å². The third-order valence-electron chi connectivity index (χ3n) is 4.50. The molecular weight excluding hydrogens is 196 g/mol. The molecule has 16 heavy (non-hydrogen) atoms. The average Bonchev–Trinajstić information content (AvgIpc) is 2.38. The van der Waals surface area contributed by atoms with E-state index >= 15 is 0 Å². The number of likely N-dealkylation sites (tertiary alicyclic amines) is 1. The van der Waals surface area contributed by atoms with Gasteiger partial charge in [-0.15, -0.1) is 0 Å². The number of hydrogen-bond donors (Lipinski definition) is 1. The van der Waals surface area contributed by atoms with E-state index in [0.717, 1.165) is 12.0 Å². The molecular formula is C14H28N2. The van der Waals surface area contributed by atoms with Crippen molar-refractivity contribution in [2.45, 2.75) is 57.9 Å². The number of nitrogens with one attached hydrogen (secondary N) is 1. The number of nitrogens with zero attached hydrogens (tertiary/aromatic N) is 1. The van der Waals surface area contributed by atoms with Crippen molar-refractivity contribution in [2.75, 3.05) is 26.2 Å². The first-order valence-electron chi connectivity index (χ1n) is 7.35. The van der Waals surface area contributed by atoms with E-state index in [0.29, 0.717) is 0 Å². The van der Waals surface area contributed by atoms with Crippen LogP contribution in [-0.2, 0) is 0 Å². The van der Waals surface area contributed by atoms with E-state index in [4.69, 9.17) is 0 Å². The summed E-state index contributed by atoms with van der Waals surface area (Å²) in [6, 6.07) is 0.899. The van der Waals surface area contributed by atoms with Crippen LogP contribution < -0.4 is 5.32 Å². The molecule has 0 saturated carbocycles. The summed E-state index contributed by atoms with van der Waals surface area (Å²) in [4.78, 5) is 2.77. The van der Waals surface area contributed by atoms with Gasteiger partial charge < -0.3 is 10.2 Å². The van der Waals surface area contributed by atoms with Crippen LogP contribution >= 0.6 is 0 Å². The van der Waals surface area contributed by atoms with E-state index < -0.39 is 0 Å². The van der Waals surface area contributed by atoms with Crippen LogP contribution in [0.4, 0.5) is 0 Å². The van der Waals surface area contributed by atoms with Crippen LogP contribution in [0.3, 0.4) is 0 Å². The summed E-state index contributed by atoms with van der Waals surface area (Å²) >= 11 is 0. The quantitative estimate of drug-likeness (QED) is 0.790. The van der Waals surface area contributed by atoms with Crippen LogP contribution in [0.2, 0.25) is 0 Å². The van der Waals surface area contributed by atoms with Gasteiger partial charge in [-0.25, -0.2) is 0 Å². The van der Waals surface area contributed by atoms with Gasteiger partial charge in [-0.2, -0.15) is 0 Å². The molecule has 0 bridgehead atoms. The van der Waals surface area contributed by atoms with Crippen LogP contribution in [0.1, 0.15) is 51.9 Å². The van der Waals surface area contributed by atoms with E-state index in [9.17, 15) is 0 Å². The van der Waals surface area contributed by atoms with Gasteiger partial charge in [0.25, 0.3) is 0 Å². The van der Waals surface area contributed by atoms with Crippen molar-refractivity contribution in [3.63, 3.8) is 0 Å². The van der Waals surface area contributed by atoms with Gasteiger partial charge in [0, 0.05) is 6.04 Å². The molecule has 2 aliphatic heterocycles. The minimum absolute atomic E-state index is 0.899. The Balaban J connectivity index is 1.70. The predicted molar refractivity (Wildman–Crippen MR) is 69.7 cm³/mol. The molecule has 1 N–H and O–H groups in total. The highest BCUT2D eigenvalue weighted by atomic mass is 15.2. The summed E-state index contributed by atoms with van der Waals surface area (Å²) in [5, 5.41) is 3.46. The molecule has 2 heteroatoms. The lowest BCUT2D eigenvalue weighted by molar-refractivity contribution is 0.131. The maximum absolute atomic E-state index is 3.46. The van der Waals surface area contributed by atoms with Gasteiger partial charge in [0.1, 0.15) is 0 Å². The summed E-state index contributed by atoms with van der Waals surface area (Å²) in [5.41, 5.74) is 0. The highest BCUT2D eigenvalue weighted by Gasteiger charge is 2.21. The fourth-order valence-electron chi connectivity index (χ4n) is 3.34. The van der Waals surface area contributed by atoms with E-state index in [-0.39, 0.29) is 0 Å². The summed E-state index contributed by atoms with van der Waals surface area (Å²) in [6.07, 6.45) is 9.95. The largest absolute Gasteiger partial charge is 0.317 e. The fourth-order valence-corrected chi connectivity index (χ4v) is 3.34. The van der Waals surface area contributed by atoms with Crippen molar-refractivity contribution in [1.82, 2.24) is 10.2 Å². The van der Waals surface area contributed by atoms with Crippen LogP contribution in [0, 0.1) is 5.92 Å². The molecule has 0 aromatic heterocycles. The lowest BCUT2D eigenvalue weighted by Gasteiger charge is -2.36. The summed E-state index contributed by atoms with van der Waals surface area (Å²) < 4.78 is 0. The van der Waals surface area contributed by atoms with Crippen molar-refractivity contribution in [1.29, 1.82) is 0 Å². The van der Waals surface area contributed by atoms with E-state index in [1.54, 1.807) is 0 Å². The van der Waals surface area contributed by atoms with Gasteiger partial charge in [-0.05, 0) is 70.6 Å². The minimum Gasteiger partial charge on any atom is -0.317 e. The monoisotopic (exact) mass is 224 g/mol. The van der Waals surface area contributed by atoms with Gasteiger partial charge in [0.15, 0.2) is 0 Å². The van der Waals surface area contributed by atoms with Gasteiger partial charge in [0.05, 0.1) is 0 Å². The molecule has 2 fully saturated rings. The maximum atomic E-state index is 3.46. The van der Waals surface area contributed by atoms with Crippen LogP contribution in [0.5, 0.6) is 0 Å². The third kappa shape index (κ3) is 3.46. The Morgan fingerprint density at radius 3 is 2.69 bits per heavy atom. The van der Waals surface area contributed by atoms with Gasteiger partial charge in [-0.3, -0.25) is 0 Å². The van der Waals surface area contributed by atoms with Crippen molar-refractivity contribution in [3.8, 4) is 0 Å². The van der Waals surface area contributed by atoms with Gasteiger partial charge >= 0.3 is 0 Å². The molecule has 0 aromatic rings. The Labute approximate surface area is 101 Å². The second-order valence-corrected chi connectivity index (χ2v) is 5.58. The Bertz CT molecular complexity index is 187. The Morgan fingerprint density at radius 1 is 1.12 bits per heavy atom. The minimum atomic E-state index is 0.899. The molecule has 2 aliphatic rings. The molecule has 2 heterocycles.